The quantitative estimate of drug-likeness (QED) is 0.695. The Hall–Kier alpha value is -2.74. The van der Waals surface area contributed by atoms with Gasteiger partial charge >= 0.3 is 0 Å². The molecule has 0 atom stereocenters. The van der Waals surface area contributed by atoms with E-state index in [4.69, 9.17) is 0 Å². The monoisotopic (exact) mass is 288 g/mol. The fraction of sp³-hybridized carbons (Fsp3) is 0.100. The van der Waals surface area contributed by atoms with Crippen LogP contribution in [-0.2, 0) is 5.41 Å². The molecule has 0 N–H and O–H groups in total. The van der Waals surface area contributed by atoms with Crippen LogP contribution >= 0.6 is 0 Å². The van der Waals surface area contributed by atoms with Crippen molar-refractivity contribution in [2.24, 2.45) is 0 Å². The highest BCUT2D eigenvalue weighted by Crippen LogP contribution is 2.39. The minimum absolute atomic E-state index is 0.00549. The number of rotatable bonds is 3. The fourth-order valence-corrected chi connectivity index (χ4v) is 2.85. The molecule has 3 aromatic carbocycles. The molecule has 0 radical (unpaired) electrons. The SMILES string of the molecule is CC(c1ccccc1)(c1ccc([O-])cc1)c1ccc([O-])cc1. The second-order valence-corrected chi connectivity index (χ2v) is 5.54. The molecule has 0 aliphatic carbocycles. The largest absolute Gasteiger partial charge is 0.872 e. The van der Waals surface area contributed by atoms with E-state index in [2.05, 4.69) is 19.1 Å². The lowest BCUT2D eigenvalue weighted by molar-refractivity contribution is -0.268. The van der Waals surface area contributed by atoms with Gasteiger partial charge in [0.1, 0.15) is 0 Å². The van der Waals surface area contributed by atoms with Crippen LogP contribution in [0, 0.1) is 0 Å². The van der Waals surface area contributed by atoms with Crippen molar-refractivity contribution in [3.63, 3.8) is 0 Å². The molecule has 0 saturated carbocycles. The van der Waals surface area contributed by atoms with E-state index >= 15 is 0 Å². The van der Waals surface area contributed by atoms with Gasteiger partial charge in [-0.2, -0.15) is 0 Å². The highest BCUT2D eigenvalue weighted by Gasteiger charge is 2.30. The van der Waals surface area contributed by atoms with Gasteiger partial charge < -0.3 is 10.2 Å². The molecular weight excluding hydrogens is 272 g/mol. The van der Waals surface area contributed by atoms with Crippen LogP contribution < -0.4 is 10.2 Å². The summed E-state index contributed by atoms with van der Waals surface area (Å²) in [7, 11) is 0. The first-order valence-corrected chi connectivity index (χ1v) is 7.21. The maximum absolute atomic E-state index is 11.4. The van der Waals surface area contributed by atoms with Gasteiger partial charge in [-0.25, -0.2) is 0 Å². The Morgan fingerprint density at radius 1 is 0.545 bits per heavy atom. The molecule has 0 amide bonds. The lowest BCUT2D eigenvalue weighted by atomic mass is 9.71. The molecular formula is C20H16O2-2. The van der Waals surface area contributed by atoms with Crippen LogP contribution in [0.15, 0.2) is 78.9 Å². The lowest BCUT2D eigenvalue weighted by Crippen LogP contribution is -2.25. The summed E-state index contributed by atoms with van der Waals surface area (Å²) >= 11 is 0. The van der Waals surface area contributed by atoms with Gasteiger partial charge in [0.25, 0.3) is 0 Å². The van der Waals surface area contributed by atoms with E-state index in [1.165, 1.54) is 0 Å². The van der Waals surface area contributed by atoms with Crippen molar-refractivity contribution in [1.82, 2.24) is 0 Å². The third-order valence-electron chi connectivity index (χ3n) is 4.21. The predicted octanol–water partition coefficient (Wildman–Crippen LogP) is 3.19. The highest BCUT2D eigenvalue weighted by atomic mass is 16.3. The molecule has 22 heavy (non-hydrogen) atoms. The van der Waals surface area contributed by atoms with Crippen LogP contribution in [0.2, 0.25) is 0 Å². The van der Waals surface area contributed by atoms with Crippen molar-refractivity contribution < 1.29 is 10.2 Å². The Morgan fingerprint density at radius 2 is 0.909 bits per heavy atom. The van der Waals surface area contributed by atoms with E-state index in [-0.39, 0.29) is 11.5 Å². The second-order valence-electron chi connectivity index (χ2n) is 5.54. The second kappa shape index (κ2) is 5.57. The van der Waals surface area contributed by atoms with Crippen LogP contribution in [0.5, 0.6) is 11.5 Å². The van der Waals surface area contributed by atoms with Gasteiger partial charge in [-0.1, -0.05) is 78.9 Å². The molecule has 3 aromatic rings. The molecule has 0 bridgehead atoms. The third-order valence-corrected chi connectivity index (χ3v) is 4.21. The smallest absolute Gasteiger partial charge is 0.0423 e. The van der Waals surface area contributed by atoms with Crippen LogP contribution in [0.3, 0.4) is 0 Å². The van der Waals surface area contributed by atoms with E-state index in [9.17, 15) is 10.2 Å². The molecule has 0 fully saturated rings. The summed E-state index contributed by atoms with van der Waals surface area (Å²) in [5, 5.41) is 22.8. The summed E-state index contributed by atoms with van der Waals surface area (Å²) < 4.78 is 0. The summed E-state index contributed by atoms with van der Waals surface area (Å²) in [5.74, 6) is -0.0110. The normalized spacial score (nSPS) is 11.3. The Balaban J connectivity index is 2.22. The van der Waals surface area contributed by atoms with E-state index in [0.29, 0.717) is 0 Å². The zero-order valence-electron chi connectivity index (χ0n) is 12.3. The van der Waals surface area contributed by atoms with Crippen LogP contribution in [0.25, 0.3) is 0 Å². The number of benzene rings is 3. The van der Waals surface area contributed by atoms with Crippen LogP contribution in [0.1, 0.15) is 23.6 Å². The maximum Gasteiger partial charge on any atom is 0.0423 e. The summed E-state index contributed by atoms with van der Waals surface area (Å²) in [6, 6.07) is 23.9. The Morgan fingerprint density at radius 3 is 1.32 bits per heavy atom. The standard InChI is InChI=1S/C20H18O2/c1-20(15-5-3-2-4-6-15,16-7-11-18(21)12-8-16)17-9-13-19(22)14-10-17/h2-14,21-22H,1H3/p-2. The average Bonchev–Trinajstić information content (AvgIpc) is 2.56. The van der Waals surface area contributed by atoms with Crippen molar-refractivity contribution in [2.45, 2.75) is 12.3 Å². The molecule has 0 saturated heterocycles. The van der Waals surface area contributed by atoms with E-state index in [1.54, 1.807) is 24.3 Å². The third kappa shape index (κ3) is 2.44. The Kier molecular flexibility index (Phi) is 3.60. The number of hydrogen-bond donors (Lipinski definition) is 0. The highest BCUT2D eigenvalue weighted by molar-refractivity contribution is 5.50. The minimum Gasteiger partial charge on any atom is -0.872 e. The first kappa shape index (κ1) is 14.2. The van der Waals surface area contributed by atoms with E-state index in [1.807, 2.05) is 42.5 Å². The Labute approximate surface area is 130 Å². The molecule has 2 heteroatoms. The summed E-state index contributed by atoms with van der Waals surface area (Å²) in [6.45, 7) is 2.11. The molecule has 0 unspecified atom stereocenters. The van der Waals surface area contributed by atoms with Crippen LogP contribution in [0.4, 0.5) is 0 Å². The van der Waals surface area contributed by atoms with Gasteiger partial charge in [-0.05, 0) is 23.6 Å². The molecule has 0 heterocycles. The first-order chi connectivity index (χ1) is 10.6. The van der Waals surface area contributed by atoms with Crippen LogP contribution in [-0.4, -0.2) is 0 Å². The van der Waals surface area contributed by atoms with Gasteiger partial charge in [-0.15, -0.1) is 11.5 Å². The molecule has 3 rings (SSSR count). The average molecular weight is 288 g/mol. The van der Waals surface area contributed by atoms with Crippen molar-refractivity contribution in [1.29, 1.82) is 0 Å². The van der Waals surface area contributed by atoms with Crippen molar-refractivity contribution in [3.8, 4) is 11.5 Å². The fourth-order valence-electron chi connectivity index (χ4n) is 2.85. The van der Waals surface area contributed by atoms with E-state index < -0.39 is 5.41 Å². The van der Waals surface area contributed by atoms with Gasteiger partial charge in [0.2, 0.25) is 0 Å². The Bertz CT molecular complexity index is 698. The van der Waals surface area contributed by atoms with Gasteiger partial charge in [-0.3, -0.25) is 0 Å². The number of hydrogen-bond acceptors (Lipinski definition) is 2. The molecule has 0 aliphatic heterocycles. The molecule has 0 spiro atoms. The van der Waals surface area contributed by atoms with E-state index in [0.717, 1.165) is 16.7 Å². The molecule has 0 aromatic heterocycles. The first-order valence-electron chi connectivity index (χ1n) is 7.21. The van der Waals surface area contributed by atoms with Gasteiger partial charge in [0, 0.05) is 5.41 Å². The van der Waals surface area contributed by atoms with Gasteiger partial charge in [0.15, 0.2) is 0 Å². The van der Waals surface area contributed by atoms with Crippen molar-refractivity contribution in [3.05, 3.63) is 95.6 Å². The minimum atomic E-state index is -0.414. The summed E-state index contributed by atoms with van der Waals surface area (Å²) in [4.78, 5) is 0. The molecule has 2 nitrogen and oxygen atoms in total. The topological polar surface area (TPSA) is 46.1 Å². The lowest BCUT2D eigenvalue weighted by Gasteiger charge is -2.32. The maximum atomic E-state index is 11.4. The summed E-state index contributed by atoms with van der Waals surface area (Å²) in [5.41, 5.74) is 2.75. The van der Waals surface area contributed by atoms with Gasteiger partial charge in [0.05, 0.1) is 0 Å². The zero-order chi connectivity index (χ0) is 15.6. The van der Waals surface area contributed by atoms with Crippen molar-refractivity contribution in [2.75, 3.05) is 0 Å². The molecule has 0 aliphatic rings. The zero-order valence-corrected chi connectivity index (χ0v) is 12.3. The molecule has 110 valence electrons. The predicted molar refractivity (Wildman–Crippen MR) is 83.8 cm³/mol. The van der Waals surface area contributed by atoms with Crippen molar-refractivity contribution >= 4 is 0 Å². The summed E-state index contributed by atoms with van der Waals surface area (Å²) in [6.07, 6.45) is 0.